The molecule has 7 nitrogen and oxygen atoms in total. The zero-order chi connectivity index (χ0) is 21.8. The predicted molar refractivity (Wildman–Crippen MR) is 118 cm³/mol. The summed E-state index contributed by atoms with van der Waals surface area (Å²) in [6.45, 7) is 10.6. The van der Waals surface area contributed by atoms with Gasteiger partial charge in [-0.1, -0.05) is 11.2 Å². The number of nitrogens with two attached hydrogens (primary N) is 1. The summed E-state index contributed by atoms with van der Waals surface area (Å²) >= 11 is 0. The molecular weight excluding hydrogens is 380 g/mol. The minimum atomic E-state index is -0.282. The number of ether oxygens (including phenoxy) is 1. The molecule has 0 saturated carbocycles. The van der Waals surface area contributed by atoms with Crippen molar-refractivity contribution in [3.8, 4) is 22.6 Å². The average Bonchev–Trinajstić information content (AvgIpc) is 3.01. The van der Waals surface area contributed by atoms with Crippen LogP contribution in [0.25, 0.3) is 11.1 Å². The highest BCUT2D eigenvalue weighted by Gasteiger charge is 2.15. The molecular formula is C23H28N4O3. The van der Waals surface area contributed by atoms with Crippen molar-refractivity contribution in [3.63, 3.8) is 0 Å². The van der Waals surface area contributed by atoms with E-state index >= 15 is 0 Å². The molecule has 0 bridgehead atoms. The van der Waals surface area contributed by atoms with Crippen molar-refractivity contribution in [1.82, 2.24) is 10.5 Å². The molecule has 0 radical (unpaired) electrons. The van der Waals surface area contributed by atoms with Crippen LogP contribution in [0, 0.1) is 34.6 Å². The third-order valence-electron chi connectivity index (χ3n) is 4.74. The predicted octanol–water partition coefficient (Wildman–Crippen LogP) is 4.76. The van der Waals surface area contributed by atoms with Crippen molar-refractivity contribution in [2.45, 2.75) is 34.6 Å². The number of hydrogen-bond donors (Lipinski definition) is 3. The number of urea groups is 1. The van der Waals surface area contributed by atoms with Gasteiger partial charge >= 0.3 is 6.03 Å². The third kappa shape index (κ3) is 4.80. The maximum atomic E-state index is 11.9. The number of hydrogen-bond acceptors (Lipinski definition) is 5. The molecule has 0 aliphatic carbocycles. The number of aromatic nitrogens is 1. The lowest BCUT2D eigenvalue weighted by Crippen LogP contribution is -2.32. The van der Waals surface area contributed by atoms with Crippen LogP contribution in [0.4, 0.5) is 10.5 Å². The summed E-state index contributed by atoms with van der Waals surface area (Å²) in [7, 11) is 0. The van der Waals surface area contributed by atoms with Crippen LogP contribution in [0.5, 0.6) is 11.5 Å². The lowest BCUT2D eigenvalue weighted by molar-refractivity contribution is 0.252. The van der Waals surface area contributed by atoms with Crippen molar-refractivity contribution in [1.29, 1.82) is 0 Å². The summed E-state index contributed by atoms with van der Waals surface area (Å²) in [4.78, 5) is 11.9. The van der Waals surface area contributed by atoms with Crippen molar-refractivity contribution in [2.24, 2.45) is 5.73 Å². The van der Waals surface area contributed by atoms with Gasteiger partial charge in [0.05, 0.1) is 5.69 Å². The van der Waals surface area contributed by atoms with Gasteiger partial charge in [0.2, 0.25) is 0 Å². The Balaban J connectivity index is 1.87. The van der Waals surface area contributed by atoms with Gasteiger partial charge in [0.25, 0.3) is 0 Å². The highest BCUT2D eigenvalue weighted by molar-refractivity contribution is 5.89. The van der Waals surface area contributed by atoms with Crippen LogP contribution in [-0.2, 0) is 0 Å². The molecule has 1 aromatic heterocycles. The van der Waals surface area contributed by atoms with Gasteiger partial charge in [-0.15, -0.1) is 0 Å². The molecule has 158 valence electrons. The highest BCUT2D eigenvalue weighted by atomic mass is 16.5. The number of carbonyl (C=O) groups is 1. The highest BCUT2D eigenvalue weighted by Crippen LogP contribution is 2.35. The smallest absolute Gasteiger partial charge is 0.319 e. The number of nitrogens with zero attached hydrogens (tertiary/aromatic N) is 1. The average molecular weight is 409 g/mol. The Morgan fingerprint density at radius 1 is 1.07 bits per heavy atom. The fourth-order valence-electron chi connectivity index (χ4n) is 3.51. The van der Waals surface area contributed by atoms with Crippen LogP contribution >= 0.6 is 0 Å². The van der Waals surface area contributed by atoms with E-state index in [4.69, 9.17) is 15.0 Å². The van der Waals surface area contributed by atoms with E-state index in [1.165, 1.54) is 0 Å². The second-order valence-electron chi connectivity index (χ2n) is 7.44. The first kappa shape index (κ1) is 21.4. The number of rotatable bonds is 6. The number of amides is 2. The van der Waals surface area contributed by atoms with E-state index < -0.39 is 0 Å². The zero-order valence-corrected chi connectivity index (χ0v) is 18.1. The minimum absolute atomic E-state index is 0.282. The Bertz CT molecular complexity index is 1030. The summed E-state index contributed by atoms with van der Waals surface area (Å²) in [6, 6.07) is 9.56. The Hall–Kier alpha value is -3.32. The number of anilines is 1. The van der Waals surface area contributed by atoms with Crippen LogP contribution < -0.4 is 21.1 Å². The van der Waals surface area contributed by atoms with E-state index in [0.717, 1.165) is 50.8 Å². The molecule has 0 atom stereocenters. The summed E-state index contributed by atoms with van der Waals surface area (Å²) in [5.41, 5.74) is 11.9. The van der Waals surface area contributed by atoms with E-state index in [2.05, 4.69) is 21.9 Å². The van der Waals surface area contributed by atoms with Gasteiger partial charge in [0.1, 0.15) is 17.3 Å². The summed E-state index contributed by atoms with van der Waals surface area (Å²) < 4.78 is 11.6. The second kappa shape index (κ2) is 9.00. The van der Waals surface area contributed by atoms with Crippen LogP contribution in [-0.4, -0.2) is 24.3 Å². The normalized spacial score (nSPS) is 10.7. The van der Waals surface area contributed by atoms with Gasteiger partial charge < -0.3 is 25.6 Å². The van der Waals surface area contributed by atoms with Gasteiger partial charge in [-0.25, -0.2) is 4.79 Å². The van der Waals surface area contributed by atoms with Gasteiger partial charge in [-0.2, -0.15) is 0 Å². The van der Waals surface area contributed by atoms with Crippen molar-refractivity contribution < 1.29 is 14.1 Å². The van der Waals surface area contributed by atoms with Gasteiger partial charge in [-0.3, -0.25) is 0 Å². The molecule has 0 aliphatic heterocycles. The zero-order valence-electron chi connectivity index (χ0n) is 18.1. The molecule has 0 saturated heterocycles. The maximum absolute atomic E-state index is 11.9. The van der Waals surface area contributed by atoms with Crippen molar-refractivity contribution in [3.05, 3.63) is 58.5 Å². The largest absolute Gasteiger partial charge is 0.457 e. The quantitative estimate of drug-likeness (QED) is 0.546. The Morgan fingerprint density at radius 3 is 2.37 bits per heavy atom. The van der Waals surface area contributed by atoms with Crippen LogP contribution in [0.15, 0.2) is 34.9 Å². The van der Waals surface area contributed by atoms with E-state index in [-0.39, 0.29) is 6.03 Å². The van der Waals surface area contributed by atoms with E-state index in [1.54, 1.807) is 0 Å². The Kier molecular flexibility index (Phi) is 6.42. The first-order valence-electron chi connectivity index (χ1n) is 9.87. The lowest BCUT2D eigenvalue weighted by atomic mass is 10.0. The standard InChI is InChI=1S/C23H28N4O3/c1-13-8-18(21-16(4)27-30-17(21)5)12-20(9-13)29-22-14(2)10-19(11-15(22)3)26-23(28)25-7-6-24/h8-12H,6-7,24H2,1-5H3,(H2,25,26,28). The molecule has 0 spiro atoms. The van der Waals surface area contributed by atoms with Gasteiger partial charge in [0, 0.05) is 24.3 Å². The molecule has 30 heavy (non-hydrogen) atoms. The fraction of sp³-hybridized carbons (Fsp3) is 0.304. The maximum Gasteiger partial charge on any atom is 0.319 e. The van der Waals surface area contributed by atoms with Gasteiger partial charge in [-0.05, 0) is 81.1 Å². The van der Waals surface area contributed by atoms with E-state index in [9.17, 15) is 4.79 Å². The van der Waals surface area contributed by atoms with E-state index in [0.29, 0.717) is 18.8 Å². The number of nitrogens with one attached hydrogen (secondary N) is 2. The van der Waals surface area contributed by atoms with Crippen LogP contribution in [0.3, 0.4) is 0 Å². The third-order valence-corrected chi connectivity index (χ3v) is 4.74. The second-order valence-corrected chi connectivity index (χ2v) is 7.44. The SMILES string of the molecule is Cc1cc(Oc2c(C)cc(NC(=O)NCCN)cc2C)cc(-c2c(C)noc2C)c1. The molecule has 0 unspecified atom stereocenters. The molecule has 3 rings (SSSR count). The molecule has 3 aromatic rings. The topological polar surface area (TPSA) is 102 Å². The van der Waals surface area contributed by atoms with E-state index in [1.807, 2.05) is 58.9 Å². The van der Waals surface area contributed by atoms with Gasteiger partial charge in [0.15, 0.2) is 0 Å². The Morgan fingerprint density at radius 2 is 1.77 bits per heavy atom. The minimum Gasteiger partial charge on any atom is -0.457 e. The Labute approximate surface area is 176 Å². The molecule has 4 N–H and O–H groups in total. The molecule has 2 aromatic carbocycles. The van der Waals surface area contributed by atoms with Crippen molar-refractivity contribution >= 4 is 11.7 Å². The number of carbonyl (C=O) groups excluding carboxylic acids is 1. The summed E-state index contributed by atoms with van der Waals surface area (Å²) in [5, 5.41) is 9.56. The summed E-state index contributed by atoms with van der Waals surface area (Å²) in [6.07, 6.45) is 0. The first-order valence-corrected chi connectivity index (χ1v) is 9.87. The van der Waals surface area contributed by atoms with Crippen molar-refractivity contribution in [2.75, 3.05) is 18.4 Å². The molecule has 0 aliphatic rings. The first-order chi connectivity index (χ1) is 14.3. The lowest BCUT2D eigenvalue weighted by Gasteiger charge is -2.16. The van der Waals surface area contributed by atoms with Crippen LogP contribution in [0.1, 0.15) is 28.1 Å². The number of aryl methyl sites for hydroxylation is 5. The molecule has 7 heteroatoms. The molecule has 0 fully saturated rings. The summed E-state index contributed by atoms with van der Waals surface area (Å²) in [5.74, 6) is 2.27. The fourth-order valence-corrected chi connectivity index (χ4v) is 3.51. The number of benzene rings is 2. The monoisotopic (exact) mass is 408 g/mol. The molecule has 1 heterocycles. The molecule has 2 amide bonds. The van der Waals surface area contributed by atoms with Crippen LogP contribution in [0.2, 0.25) is 0 Å².